The number of aryl methyl sites for hydroxylation is 1. The quantitative estimate of drug-likeness (QED) is 0.368. The molecule has 0 saturated carbocycles. The number of rotatable bonds is 5. The molecular weight excluding hydrogens is 505 g/mol. The van der Waals surface area contributed by atoms with Crippen molar-refractivity contribution in [1.29, 1.82) is 0 Å². The van der Waals surface area contributed by atoms with Gasteiger partial charge in [0.25, 0.3) is 5.91 Å². The average molecular weight is 527 g/mol. The molecule has 2 aromatic carbocycles. The van der Waals surface area contributed by atoms with Crippen molar-refractivity contribution in [3.63, 3.8) is 0 Å². The third-order valence-electron chi connectivity index (χ3n) is 5.16. The summed E-state index contributed by atoms with van der Waals surface area (Å²) in [5.74, 6) is 0.561. The molecule has 0 saturated heterocycles. The van der Waals surface area contributed by atoms with E-state index in [2.05, 4.69) is 38.4 Å². The van der Waals surface area contributed by atoms with E-state index in [1.165, 1.54) is 0 Å². The normalized spacial score (nSPS) is 14.2. The van der Waals surface area contributed by atoms with Crippen molar-refractivity contribution in [2.24, 2.45) is 5.10 Å². The minimum absolute atomic E-state index is 0.177. The Hall–Kier alpha value is -2.94. The molecule has 2 N–H and O–H groups in total. The Labute approximate surface area is 194 Å². The summed E-state index contributed by atoms with van der Waals surface area (Å²) in [5.41, 5.74) is 6.62. The number of nitrogens with one attached hydrogen (secondary N) is 2. The molecule has 0 bridgehead atoms. The number of carbonyl (C=O) groups excluding carboxylic acids is 2. The Kier molecular flexibility index (Phi) is 6.50. The number of anilines is 1. The molecule has 1 heterocycles. The van der Waals surface area contributed by atoms with Gasteiger partial charge in [0.05, 0.1) is 12.1 Å². The zero-order valence-electron chi connectivity index (χ0n) is 17.1. The van der Waals surface area contributed by atoms with Crippen LogP contribution in [0.3, 0.4) is 0 Å². The van der Waals surface area contributed by atoms with Gasteiger partial charge in [-0.25, -0.2) is 5.43 Å². The largest absolute Gasteiger partial charge is 0.455 e. The highest BCUT2D eigenvalue weighted by Gasteiger charge is 2.28. The van der Waals surface area contributed by atoms with E-state index in [0.29, 0.717) is 5.69 Å². The molecule has 3 aromatic rings. The topological polar surface area (TPSA) is 83.7 Å². The number of hydrazone groups is 1. The van der Waals surface area contributed by atoms with E-state index in [0.717, 1.165) is 51.0 Å². The van der Waals surface area contributed by atoms with Crippen LogP contribution in [0.4, 0.5) is 5.69 Å². The standard InChI is InChI=1S/C24H22IN3O3/c1-15-22-19(27-28-21(29)14-16-6-3-2-4-7-16)8-5-9-20(22)31-23(15)24(30)26-18-12-10-17(25)11-13-18/h2-4,6-7,10-13H,5,8-9,14H2,1H3,(H,26,30)(H,28,29)/b27-19+. The fourth-order valence-corrected chi connectivity index (χ4v) is 4.03. The SMILES string of the molecule is Cc1c(C(=O)Nc2ccc(I)cc2)oc2c1/C(=N/NC(=O)Cc1ccccc1)CCC2. The molecule has 0 fully saturated rings. The van der Waals surface area contributed by atoms with Crippen LogP contribution in [0.2, 0.25) is 0 Å². The molecule has 4 rings (SSSR count). The van der Waals surface area contributed by atoms with Gasteiger partial charge in [-0.15, -0.1) is 0 Å². The Balaban J connectivity index is 1.51. The van der Waals surface area contributed by atoms with Crippen molar-refractivity contribution in [2.75, 3.05) is 5.32 Å². The zero-order valence-corrected chi connectivity index (χ0v) is 19.2. The monoisotopic (exact) mass is 527 g/mol. The summed E-state index contributed by atoms with van der Waals surface area (Å²) in [4.78, 5) is 25.1. The van der Waals surface area contributed by atoms with Crippen LogP contribution < -0.4 is 10.7 Å². The fraction of sp³-hybridized carbons (Fsp3) is 0.208. The lowest BCUT2D eigenvalue weighted by atomic mass is 9.93. The van der Waals surface area contributed by atoms with Gasteiger partial charge in [0, 0.05) is 26.8 Å². The second-order valence-corrected chi connectivity index (χ2v) is 8.67. The van der Waals surface area contributed by atoms with Crippen LogP contribution in [0.15, 0.2) is 64.1 Å². The minimum atomic E-state index is -0.291. The molecule has 0 unspecified atom stereocenters. The van der Waals surface area contributed by atoms with Crippen molar-refractivity contribution in [3.8, 4) is 0 Å². The predicted molar refractivity (Wildman–Crippen MR) is 128 cm³/mol. The first-order valence-electron chi connectivity index (χ1n) is 10.1. The van der Waals surface area contributed by atoms with Gasteiger partial charge in [0.2, 0.25) is 5.91 Å². The number of nitrogens with zero attached hydrogens (tertiary/aromatic N) is 1. The van der Waals surface area contributed by atoms with Crippen molar-refractivity contribution in [3.05, 3.63) is 86.4 Å². The van der Waals surface area contributed by atoms with Crippen LogP contribution in [-0.2, 0) is 17.6 Å². The Morgan fingerprint density at radius 1 is 1.06 bits per heavy atom. The summed E-state index contributed by atoms with van der Waals surface area (Å²) in [7, 11) is 0. The number of furan rings is 1. The van der Waals surface area contributed by atoms with E-state index in [4.69, 9.17) is 4.42 Å². The number of amides is 2. The van der Waals surface area contributed by atoms with Crippen molar-refractivity contribution < 1.29 is 14.0 Å². The number of hydrogen-bond donors (Lipinski definition) is 2. The van der Waals surface area contributed by atoms with Gasteiger partial charge in [0.1, 0.15) is 5.76 Å². The average Bonchev–Trinajstić information content (AvgIpc) is 3.12. The van der Waals surface area contributed by atoms with Crippen LogP contribution in [0.1, 0.15) is 45.8 Å². The van der Waals surface area contributed by atoms with Crippen LogP contribution >= 0.6 is 22.6 Å². The van der Waals surface area contributed by atoms with Gasteiger partial charge in [-0.05, 0) is 72.2 Å². The lowest BCUT2D eigenvalue weighted by Crippen LogP contribution is -2.23. The molecule has 7 heteroatoms. The summed E-state index contributed by atoms with van der Waals surface area (Å²) in [5, 5.41) is 7.25. The maximum Gasteiger partial charge on any atom is 0.291 e. The summed E-state index contributed by atoms with van der Waals surface area (Å²) in [6.45, 7) is 1.86. The second-order valence-electron chi connectivity index (χ2n) is 7.42. The highest BCUT2D eigenvalue weighted by atomic mass is 127. The molecule has 158 valence electrons. The van der Waals surface area contributed by atoms with Crippen molar-refractivity contribution in [1.82, 2.24) is 5.43 Å². The van der Waals surface area contributed by atoms with Crippen LogP contribution in [-0.4, -0.2) is 17.5 Å². The predicted octanol–water partition coefficient (Wildman–Crippen LogP) is 4.84. The third kappa shape index (κ3) is 5.04. The maximum absolute atomic E-state index is 12.8. The Bertz CT molecular complexity index is 1130. The van der Waals surface area contributed by atoms with Gasteiger partial charge < -0.3 is 9.73 Å². The molecule has 6 nitrogen and oxygen atoms in total. The zero-order chi connectivity index (χ0) is 21.8. The van der Waals surface area contributed by atoms with Gasteiger partial charge in [0.15, 0.2) is 5.76 Å². The molecule has 0 radical (unpaired) electrons. The molecule has 2 amide bonds. The van der Waals surface area contributed by atoms with E-state index in [1.807, 2.05) is 61.5 Å². The Morgan fingerprint density at radius 3 is 2.55 bits per heavy atom. The molecule has 0 atom stereocenters. The minimum Gasteiger partial charge on any atom is -0.455 e. The van der Waals surface area contributed by atoms with E-state index in [9.17, 15) is 9.59 Å². The molecular formula is C24H22IN3O3. The van der Waals surface area contributed by atoms with Crippen LogP contribution in [0.5, 0.6) is 0 Å². The van der Waals surface area contributed by atoms with E-state index in [1.54, 1.807) is 0 Å². The van der Waals surface area contributed by atoms with Crippen molar-refractivity contribution >= 4 is 45.8 Å². The first kappa shape index (κ1) is 21.3. The third-order valence-corrected chi connectivity index (χ3v) is 5.88. The first-order chi connectivity index (χ1) is 15.0. The molecule has 0 spiro atoms. The van der Waals surface area contributed by atoms with E-state index in [-0.39, 0.29) is 24.0 Å². The molecule has 0 aliphatic heterocycles. The van der Waals surface area contributed by atoms with Crippen LogP contribution in [0, 0.1) is 10.5 Å². The lowest BCUT2D eigenvalue weighted by Gasteiger charge is -2.13. The van der Waals surface area contributed by atoms with E-state index < -0.39 is 0 Å². The van der Waals surface area contributed by atoms with Crippen molar-refractivity contribution in [2.45, 2.75) is 32.6 Å². The number of halogens is 1. The summed E-state index contributed by atoms with van der Waals surface area (Å²) < 4.78 is 7.01. The number of carbonyl (C=O) groups is 2. The molecule has 1 aliphatic carbocycles. The van der Waals surface area contributed by atoms with Crippen LogP contribution in [0.25, 0.3) is 0 Å². The molecule has 1 aromatic heterocycles. The molecule has 1 aliphatic rings. The summed E-state index contributed by atoms with van der Waals surface area (Å²) in [6, 6.07) is 17.1. The highest BCUT2D eigenvalue weighted by Crippen LogP contribution is 2.30. The van der Waals surface area contributed by atoms with Gasteiger partial charge in [-0.2, -0.15) is 5.10 Å². The summed E-state index contributed by atoms with van der Waals surface area (Å²) >= 11 is 2.22. The van der Waals surface area contributed by atoms with Gasteiger partial charge >= 0.3 is 0 Å². The number of fused-ring (bicyclic) bond motifs is 1. The lowest BCUT2D eigenvalue weighted by molar-refractivity contribution is -0.120. The Morgan fingerprint density at radius 2 is 1.81 bits per heavy atom. The smallest absolute Gasteiger partial charge is 0.291 e. The second kappa shape index (κ2) is 9.47. The number of hydrogen-bond acceptors (Lipinski definition) is 4. The fourth-order valence-electron chi connectivity index (χ4n) is 3.67. The first-order valence-corrected chi connectivity index (χ1v) is 11.2. The maximum atomic E-state index is 12.8. The van der Waals surface area contributed by atoms with Gasteiger partial charge in [-0.1, -0.05) is 30.3 Å². The molecule has 31 heavy (non-hydrogen) atoms. The van der Waals surface area contributed by atoms with Gasteiger partial charge in [-0.3, -0.25) is 9.59 Å². The number of benzene rings is 2. The summed E-state index contributed by atoms with van der Waals surface area (Å²) in [6.07, 6.45) is 2.57. The highest BCUT2D eigenvalue weighted by molar-refractivity contribution is 14.1. The van der Waals surface area contributed by atoms with E-state index >= 15 is 0 Å².